The Morgan fingerprint density at radius 1 is 1.43 bits per heavy atom. The van der Waals surface area contributed by atoms with Gasteiger partial charge in [0.15, 0.2) is 17.5 Å². The zero-order valence-electron chi connectivity index (χ0n) is 15.5. The Morgan fingerprint density at radius 2 is 2.21 bits per heavy atom. The number of para-hydroxylation sites is 1. The molecule has 0 unspecified atom stereocenters. The molecule has 2 heterocycles. The van der Waals surface area contributed by atoms with E-state index in [4.69, 9.17) is 16.3 Å². The number of aliphatic imine (C=N–C) groups is 1. The predicted molar refractivity (Wildman–Crippen MR) is 107 cm³/mol. The van der Waals surface area contributed by atoms with Gasteiger partial charge in [-0.1, -0.05) is 23.7 Å². The molecule has 1 N–H and O–H groups in total. The minimum atomic E-state index is -0.468. The lowest BCUT2D eigenvalue weighted by Gasteiger charge is -2.28. The number of carbonyl (C=O) groups excluding carboxylic acids is 1. The Kier molecular flexibility index (Phi) is 6.89. The monoisotopic (exact) mass is 405 g/mol. The van der Waals surface area contributed by atoms with Crippen LogP contribution in [0.3, 0.4) is 0 Å². The van der Waals surface area contributed by atoms with E-state index < -0.39 is 5.82 Å². The van der Waals surface area contributed by atoms with Crippen LogP contribution in [-0.4, -0.2) is 48.4 Å². The zero-order valence-corrected chi connectivity index (χ0v) is 16.2. The van der Waals surface area contributed by atoms with Gasteiger partial charge in [-0.2, -0.15) is 0 Å². The Labute approximate surface area is 167 Å². The number of carbonyl (C=O) groups is 1. The van der Waals surface area contributed by atoms with E-state index in [1.807, 2.05) is 24.0 Å². The topological polar surface area (TPSA) is 79.7 Å². The van der Waals surface area contributed by atoms with Crippen LogP contribution in [0.2, 0.25) is 5.02 Å². The van der Waals surface area contributed by atoms with Crippen LogP contribution in [0.1, 0.15) is 17.8 Å². The third kappa shape index (κ3) is 5.24. The van der Waals surface area contributed by atoms with Crippen molar-refractivity contribution < 1.29 is 13.9 Å². The number of morpholine rings is 1. The van der Waals surface area contributed by atoms with Gasteiger partial charge in [-0.3, -0.25) is 9.79 Å². The van der Waals surface area contributed by atoms with Crippen molar-refractivity contribution in [3.8, 4) is 0 Å². The number of nitrogens with zero attached hydrogens (tertiary/aromatic N) is 4. The fraction of sp³-hybridized carbons (Fsp3) is 0.368. The van der Waals surface area contributed by atoms with Crippen LogP contribution < -0.4 is 10.2 Å². The summed E-state index contributed by atoms with van der Waals surface area (Å²) < 4.78 is 19.3. The molecule has 1 amide bonds. The van der Waals surface area contributed by atoms with Crippen molar-refractivity contribution in [3.05, 3.63) is 46.6 Å². The minimum Gasteiger partial charge on any atom is -0.378 e. The molecule has 1 fully saturated rings. The predicted octanol–water partition coefficient (Wildman–Crippen LogP) is 3.01. The number of nitrogens with one attached hydrogen (secondary N) is 1. The number of anilines is 2. The summed E-state index contributed by atoms with van der Waals surface area (Å²) in [5.41, 5.74) is 1.48. The summed E-state index contributed by atoms with van der Waals surface area (Å²) in [7, 11) is 0. The van der Waals surface area contributed by atoms with Gasteiger partial charge in [-0.25, -0.2) is 14.4 Å². The maximum atomic E-state index is 14.0. The molecular formula is C19H21ClFN5O2. The van der Waals surface area contributed by atoms with Gasteiger partial charge in [-0.15, -0.1) is 0 Å². The fourth-order valence-electron chi connectivity index (χ4n) is 2.74. The molecule has 7 nitrogen and oxygen atoms in total. The molecule has 2 aromatic rings. The average molecular weight is 406 g/mol. The molecule has 1 aliphatic heterocycles. The summed E-state index contributed by atoms with van der Waals surface area (Å²) >= 11 is 6.10. The van der Waals surface area contributed by atoms with Crippen LogP contribution in [-0.2, 0) is 16.1 Å². The van der Waals surface area contributed by atoms with E-state index in [0.29, 0.717) is 42.8 Å². The second kappa shape index (κ2) is 9.57. The largest absolute Gasteiger partial charge is 0.378 e. The maximum absolute atomic E-state index is 14.0. The standard InChI is InChI=1S/C19H21ClFN5O2/c1-13-3-2-4-14(20)18(13)25-17(27)5-6-22-12-16-23-11-15(21)19(24-16)26-7-9-28-10-8-26/h2-4,6,11H,5,7-10,12H2,1H3,(H,25,27). The van der Waals surface area contributed by atoms with Crippen LogP contribution in [0.4, 0.5) is 15.9 Å². The summed E-state index contributed by atoms with van der Waals surface area (Å²) in [5.74, 6) is -0.0463. The molecule has 9 heteroatoms. The summed E-state index contributed by atoms with van der Waals surface area (Å²) in [6, 6.07) is 5.41. The molecule has 148 valence electrons. The Hall–Kier alpha value is -2.58. The first-order chi connectivity index (χ1) is 13.5. The minimum absolute atomic E-state index is 0.0855. The molecule has 0 atom stereocenters. The van der Waals surface area contributed by atoms with E-state index in [1.165, 1.54) is 6.21 Å². The van der Waals surface area contributed by atoms with Crippen molar-refractivity contribution in [2.45, 2.75) is 19.9 Å². The third-order valence-corrected chi connectivity index (χ3v) is 4.53. The lowest BCUT2D eigenvalue weighted by atomic mass is 10.2. The lowest BCUT2D eigenvalue weighted by molar-refractivity contribution is -0.115. The maximum Gasteiger partial charge on any atom is 0.229 e. The number of ether oxygens (including phenoxy) is 1. The number of rotatable bonds is 6. The van der Waals surface area contributed by atoms with Crippen molar-refractivity contribution in [1.82, 2.24) is 9.97 Å². The van der Waals surface area contributed by atoms with Crippen molar-refractivity contribution in [2.24, 2.45) is 4.99 Å². The fourth-order valence-corrected chi connectivity index (χ4v) is 3.01. The van der Waals surface area contributed by atoms with Crippen molar-refractivity contribution in [3.63, 3.8) is 0 Å². The van der Waals surface area contributed by atoms with Gasteiger partial charge in [0.05, 0.1) is 43.1 Å². The SMILES string of the molecule is Cc1cccc(Cl)c1NC(=O)CC=NCc1ncc(F)c(N2CCOCC2)n1. The second-order valence-electron chi connectivity index (χ2n) is 6.26. The third-order valence-electron chi connectivity index (χ3n) is 4.21. The highest BCUT2D eigenvalue weighted by Gasteiger charge is 2.17. The number of aryl methyl sites for hydroxylation is 1. The van der Waals surface area contributed by atoms with Crippen molar-refractivity contribution >= 4 is 35.2 Å². The van der Waals surface area contributed by atoms with E-state index >= 15 is 0 Å². The van der Waals surface area contributed by atoms with E-state index in [9.17, 15) is 9.18 Å². The Balaban J connectivity index is 1.55. The number of hydrogen-bond acceptors (Lipinski definition) is 6. The lowest BCUT2D eigenvalue weighted by Crippen LogP contribution is -2.37. The number of aromatic nitrogens is 2. The summed E-state index contributed by atoms with van der Waals surface area (Å²) in [6.45, 7) is 4.27. The Morgan fingerprint density at radius 3 is 2.96 bits per heavy atom. The molecule has 1 aliphatic rings. The highest BCUT2D eigenvalue weighted by Crippen LogP contribution is 2.25. The molecule has 0 spiro atoms. The number of amides is 1. The van der Waals surface area contributed by atoms with Crippen LogP contribution >= 0.6 is 11.6 Å². The number of benzene rings is 1. The first-order valence-corrected chi connectivity index (χ1v) is 9.29. The van der Waals surface area contributed by atoms with E-state index in [-0.39, 0.29) is 24.7 Å². The number of hydrogen-bond donors (Lipinski definition) is 1. The van der Waals surface area contributed by atoms with Crippen LogP contribution in [0.15, 0.2) is 29.4 Å². The molecule has 0 aliphatic carbocycles. The van der Waals surface area contributed by atoms with E-state index in [0.717, 1.165) is 11.8 Å². The summed E-state index contributed by atoms with van der Waals surface area (Å²) in [6.07, 6.45) is 2.72. The molecule has 0 saturated carbocycles. The molecule has 1 aromatic carbocycles. The normalized spacial score (nSPS) is 14.5. The second-order valence-corrected chi connectivity index (χ2v) is 6.67. The van der Waals surface area contributed by atoms with Gasteiger partial charge in [0.2, 0.25) is 5.91 Å². The van der Waals surface area contributed by atoms with E-state index in [1.54, 1.807) is 6.07 Å². The molecular weight excluding hydrogens is 385 g/mol. The van der Waals surface area contributed by atoms with Crippen LogP contribution in [0, 0.1) is 12.7 Å². The molecule has 0 bridgehead atoms. The van der Waals surface area contributed by atoms with Gasteiger partial charge >= 0.3 is 0 Å². The number of halogens is 2. The highest BCUT2D eigenvalue weighted by molar-refractivity contribution is 6.34. The zero-order chi connectivity index (χ0) is 19.9. The van der Waals surface area contributed by atoms with E-state index in [2.05, 4.69) is 20.3 Å². The van der Waals surface area contributed by atoms with Crippen LogP contribution in [0.5, 0.6) is 0 Å². The molecule has 3 rings (SSSR count). The van der Waals surface area contributed by atoms with Gasteiger partial charge in [0, 0.05) is 19.3 Å². The van der Waals surface area contributed by atoms with Gasteiger partial charge in [0.1, 0.15) is 0 Å². The smallest absolute Gasteiger partial charge is 0.229 e. The Bertz CT molecular complexity index is 851. The highest BCUT2D eigenvalue weighted by atomic mass is 35.5. The van der Waals surface area contributed by atoms with Crippen molar-refractivity contribution in [2.75, 3.05) is 36.5 Å². The average Bonchev–Trinajstić information content (AvgIpc) is 2.70. The first kappa shape index (κ1) is 20.2. The summed E-state index contributed by atoms with van der Waals surface area (Å²) in [4.78, 5) is 26.3. The van der Waals surface area contributed by atoms with Crippen LogP contribution in [0.25, 0.3) is 0 Å². The molecule has 1 aromatic heterocycles. The molecule has 1 saturated heterocycles. The molecule has 28 heavy (non-hydrogen) atoms. The van der Waals surface area contributed by atoms with Crippen molar-refractivity contribution in [1.29, 1.82) is 0 Å². The summed E-state index contributed by atoms with van der Waals surface area (Å²) in [5, 5.41) is 3.26. The quantitative estimate of drug-likeness (QED) is 0.747. The van der Waals surface area contributed by atoms with Gasteiger partial charge < -0.3 is 15.0 Å². The molecule has 0 radical (unpaired) electrons. The first-order valence-electron chi connectivity index (χ1n) is 8.92. The van der Waals surface area contributed by atoms with Gasteiger partial charge in [-0.05, 0) is 18.6 Å². The van der Waals surface area contributed by atoms with Gasteiger partial charge in [0.25, 0.3) is 0 Å².